The highest BCUT2D eigenvalue weighted by Crippen LogP contribution is 2.27. The highest BCUT2D eigenvalue weighted by Gasteiger charge is 2.19. The summed E-state index contributed by atoms with van der Waals surface area (Å²) >= 11 is 10.8. The van der Waals surface area contributed by atoms with E-state index in [-0.39, 0.29) is 11.5 Å². The maximum absolute atomic E-state index is 6.31. The zero-order chi connectivity index (χ0) is 14.8. The summed E-state index contributed by atoms with van der Waals surface area (Å²) in [5.74, 6) is 0. The van der Waals surface area contributed by atoms with Crippen molar-refractivity contribution in [1.29, 1.82) is 0 Å². The maximum Gasteiger partial charge on any atom is 0.124 e. The van der Waals surface area contributed by atoms with Gasteiger partial charge in [-0.2, -0.15) is 0 Å². The van der Waals surface area contributed by atoms with E-state index in [1.54, 1.807) is 0 Å². The molecule has 0 unspecified atom stereocenters. The largest absolute Gasteiger partial charge is 0.378 e. The van der Waals surface area contributed by atoms with Gasteiger partial charge in [0.05, 0.1) is 19.3 Å². The van der Waals surface area contributed by atoms with E-state index in [0.29, 0.717) is 6.61 Å². The van der Waals surface area contributed by atoms with Crippen molar-refractivity contribution in [2.45, 2.75) is 11.5 Å². The van der Waals surface area contributed by atoms with Crippen LogP contribution in [0.5, 0.6) is 0 Å². The number of thiol groups is 1. The summed E-state index contributed by atoms with van der Waals surface area (Å²) < 4.78 is 5.54. The third-order valence-corrected chi connectivity index (χ3v) is 4.60. The molecule has 2 N–H and O–H groups in total. The molecule has 1 aromatic carbocycles. The van der Waals surface area contributed by atoms with Gasteiger partial charge in [0.25, 0.3) is 0 Å². The first-order valence-electron chi connectivity index (χ1n) is 7.09. The molecule has 0 aliphatic carbocycles. The van der Waals surface area contributed by atoms with Crippen molar-refractivity contribution in [2.24, 2.45) is 0 Å². The third-order valence-electron chi connectivity index (χ3n) is 3.84. The summed E-state index contributed by atoms with van der Waals surface area (Å²) in [6.07, 6.45) is 2.12. The molecule has 2 aliphatic rings. The summed E-state index contributed by atoms with van der Waals surface area (Å²) in [6.45, 7) is 3.12. The normalized spacial score (nSPS) is 26.6. The van der Waals surface area contributed by atoms with Crippen LogP contribution in [0.15, 0.2) is 24.4 Å². The van der Waals surface area contributed by atoms with Crippen LogP contribution in [0.25, 0.3) is 5.57 Å². The van der Waals surface area contributed by atoms with E-state index in [1.807, 2.05) is 24.1 Å². The van der Waals surface area contributed by atoms with Crippen molar-refractivity contribution in [2.75, 3.05) is 33.4 Å². The molecule has 2 atom stereocenters. The standard InChI is InChI=1S/C15H20ClN3OS/c1-19-8-12(7-18-15(19)21)10-4-11(6-13(16)5-10)14-9-20-3-2-17-14/h4-6,8,14-15,17-18,21H,2-3,7,9H2,1H3/t14-,15+/m0/s1. The Morgan fingerprint density at radius 1 is 1.33 bits per heavy atom. The second-order valence-corrected chi connectivity index (χ2v) is 6.35. The molecule has 0 amide bonds. The van der Waals surface area contributed by atoms with Crippen molar-refractivity contribution < 1.29 is 4.74 Å². The number of benzene rings is 1. The van der Waals surface area contributed by atoms with Gasteiger partial charge in [-0.3, -0.25) is 5.32 Å². The quantitative estimate of drug-likeness (QED) is 0.728. The van der Waals surface area contributed by atoms with Gasteiger partial charge in [-0.15, -0.1) is 12.6 Å². The molecule has 0 aromatic heterocycles. The lowest BCUT2D eigenvalue weighted by molar-refractivity contribution is 0.0769. The molecular weight excluding hydrogens is 306 g/mol. The number of nitrogens with zero attached hydrogens (tertiary/aromatic N) is 1. The molecule has 114 valence electrons. The number of hydrogen-bond acceptors (Lipinski definition) is 5. The Hall–Kier alpha value is -0.720. The van der Waals surface area contributed by atoms with Crippen LogP contribution in [0, 0.1) is 0 Å². The van der Waals surface area contributed by atoms with Gasteiger partial charge >= 0.3 is 0 Å². The average molecular weight is 326 g/mol. The van der Waals surface area contributed by atoms with E-state index >= 15 is 0 Å². The van der Waals surface area contributed by atoms with Crippen LogP contribution in [-0.4, -0.2) is 43.7 Å². The summed E-state index contributed by atoms with van der Waals surface area (Å²) in [4.78, 5) is 2.05. The van der Waals surface area contributed by atoms with Crippen molar-refractivity contribution in [1.82, 2.24) is 15.5 Å². The maximum atomic E-state index is 6.31. The highest BCUT2D eigenvalue weighted by atomic mass is 35.5. The summed E-state index contributed by atoms with van der Waals surface area (Å²) in [5, 5.41) is 7.56. The Kier molecular flexibility index (Phi) is 4.76. The minimum absolute atomic E-state index is 0.0563. The lowest BCUT2D eigenvalue weighted by Crippen LogP contribution is -2.41. The Morgan fingerprint density at radius 2 is 2.19 bits per heavy atom. The first-order valence-corrected chi connectivity index (χ1v) is 7.99. The number of hydrogen-bond donors (Lipinski definition) is 3. The highest BCUT2D eigenvalue weighted by molar-refractivity contribution is 7.80. The Balaban J connectivity index is 1.89. The topological polar surface area (TPSA) is 36.5 Å². The Bertz CT molecular complexity index is 546. The predicted molar refractivity (Wildman–Crippen MR) is 89.5 cm³/mol. The van der Waals surface area contributed by atoms with Crippen LogP contribution in [0.1, 0.15) is 17.2 Å². The molecule has 0 bridgehead atoms. The Labute approximate surface area is 135 Å². The first-order chi connectivity index (χ1) is 10.1. The monoisotopic (exact) mass is 325 g/mol. The zero-order valence-corrected chi connectivity index (χ0v) is 13.6. The molecule has 4 nitrogen and oxygen atoms in total. The van der Waals surface area contributed by atoms with Crippen LogP contribution < -0.4 is 10.6 Å². The average Bonchev–Trinajstić information content (AvgIpc) is 2.50. The van der Waals surface area contributed by atoms with Crippen LogP contribution >= 0.6 is 24.2 Å². The predicted octanol–water partition coefficient (Wildman–Crippen LogP) is 2.09. The molecule has 2 aliphatic heterocycles. The van der Waals surface area contributed by atoms with Gasteiger partial charge in [0.2, 0.25) is 0 Å². The summed E-state index contributed by atoms with van der Waals surface area (Å²) in [5.41, 5.74) is 3.59. The lowest BCUT2D eigenvalue weighted by atomic mass is 9.99. The fraction of sp³-hybridized carbons (Fsp3) is 0.467. The third kappa shape index (κ3) is 3.55. The molecule has 6 heteroatoms. The molecule has 0 radical (unpaired) electrons. The van der Waals surface area contributed by atoms with Crippen molar-refractivity contribution >= 4 is 29.8 Å². The second-order valence-electron chi connectivity index (χ2n) is 5.43. The van der Waals surface area contributed by atoms with E-state index in [9.17, 15) is 0 Å². The molecule has 0 saturated carbocycles. The van der Waals surface area contributed by atoms with Crippen LogP contribution in [0.2, 0.25) is 5.02 Å². The second kappa shape index (κ2) is 6.58. The molecular formula is C15H20ClN3OS. The number of rotatable bonds is 2. The number of halogens is 1. The van der Waals surface area contributed by atoms with Gasteiger partial charge < -0.3 is 15.0 Å². The molecule has 1 aromatic rings. The van der Waals surface area contributed by atoms with Gasteiger partial charge in [0.15, 0.2) is 0 Å². The molecule has 3 rings (SSSR count). The number of morpholine rings is 1. The molecule has 1 saturated heterocycles. The van der Waals surface area contributed by atoms with Gasteiger partial charge in [0.1, 0.15) is 5.50 Å². The van der Waals surface area contributed by atoms with Gasteiger partial charge in [-0.25, -0.2) is 0 Å². The number of ether oxygens (including phenoxy) is 1. The van der Waals surface area contributed by atoms with Crippen molar-refractivity contribution in [3.05, 3.63) is 40.5 Å². The van der Waals surface area contributed by atoms with E-state index in [1.165, 1.54) is 11.1 Å². The smallest absolute Gasteiger partial charge is 0.124 e. The summed E-state index contributed by atoms with van der Waals surface area (Å²) in [6, 6.07) is 6.43. The SMILES string of the molecule is CN1C=C(c2cc(Cl)cc([C@@H]3COCCN3)c2)CN[C@H]1S. The van der Waals surface area contributed by atoms with Crippen LogP contribution in [-0.2, 0) is 4.74 Å². The van der Waals surface area contributed by atoms with Crippen molar-refractivity contribution in [3.8, 4) is 0 Å². The summed E-state index contributed by atoms with van der Waals surface area (Å²) in [7, 11) is 2.01. The minimum Gasteiger partial charge on any atom is -0.378 e. The fourth-order valence-corrected chi connectivity index (χ4v) is 3.06. The molecule has 1 fully saturated rings. The first kappa shape index (κ1) is 15.2. The van der Waals surface area contributed by atoms with Gasteiger partial charge in [-0.1, -0.05) is 11.6 Å². The number of nitrogens with one attached hydrogen (secondary N) is 2. The zero-order valence-electron chi connectivity index (χ0n) is 12.0. The fourth-order valence-electron chi connectivity index (χ4n) is 2.66. The minimum atomic E-state index is 0.0563. The van der Waals surface area contributed by atoms with E-state index in [4.69, 9.17) is 16.3 Å². The lowest BCUT2D eigenvalue weighted by Gasteiger charge is -2.30. The van der Waals surface area contributed by atoms with Crippen LogP contribution in [0.4, 0.5) is 0 Å². The van der Waals surface area contributed by atoms with Gasteiger partial charge in [0, 0.05) is 31.4 Å². The van der Waals surface area contributed by atoms with Crippen molar-refractivity contribution in [3.63, 3.8) is 0 Å². The van der Waals surface area contributed by atoms with Crippen LogP contribution in [0.3, 0.4) is 0 Å². The molecule has 21 heavy (non-hydrogen) atoms. The van der Waals surface area contributed by atoms with E-state index in [2.05, 4.69) is 35.5 Å². The molecule has 2 heterocycles. The molecule has 0 spiro atoms. The van der Waals surface area contributed by atoms with E-state index in [0.717, 1.165) is 30.3 Å². The van der Waals surface area contributed by atoms with Gasteiger partial charge in [-0.05, 0) is 34.9 Å². The Morgan fingerprint density at radius 3 is 2.90 bits per heavy atom. The van der Waals surface area contributed by atoms with E-state index < -0.39 is 0 Å².